The Hall–Kier alpha value is -1.66. The quantitative estimate of drug-likeness (QED) is 0.620. The van der Waals surface area contributed by atoms with E-state index < -0.39 is 0 Å². The normalized spacial score (nSPS) is 12.9. The molecule has 0 aromatic carbocycles. The van der Waals surface area contributed by atoms with Gasteiger partial charge in [-0.2, -0.15) is 10.2 Å². The van der Waals surface area contributed by atoms with Gasteiger partial charge >= 0.3 is 0 Å². The van der Waals surface area contributed by atoms with Gasteiger partial charge in [-0.3, -0.25) is 20.6 Å². The molecule has 19 heavy (non-hydrogen) atoms. The Morgan fingerprint density at radius 1 is 1.32 bits per heavy atom. The first-order valence-corrected chi connectivity index (χ1v) is 6.47. The molecular formula is C13H22N6. The minimum atomic E-state index is 0.114. The van der Waals surface area contributed by atoms with Gasteiger partial charge in [-0.15, -0.1) is 0 Å². The lowest BCUT2D eigenvalue weighted by Gasteiger charge is -2.16. The van der Waals surface area contributed by atoms with Crippen LogP contribution in [0.1, 0.15) is 35.1 Å². The zero-order chi connectivity index (χ0) is 14.0. The summed E-state index contributed by atoms with van der Waals surface area (Å²) in [6.45, 7) is 4.10. The minimum Gasteiger partial charge on any atom is -0.273 e. The maximum Gasteiger partial charge on any atom is 0.0644 e. The first-order valence-electron chi connectivity index (χ1n) is 6.47. The van der Waals surface area contributed by atoms with Crippen LogP contribution in [0, 0.1) is 13.8 Å². The highest BCUT2D eigenvalue weighted by Gasteiger charge is 2.19. The first-order chi connectivity index (χ1) is 9.04. The smallest absolute Gasteiger partial charge is 0.0644 e. The van der Waals surface area contributed by atoms with E-state index in [4.69, 9.17) is 5.84 Å². The fourth-order valence-corrected chi connectivity index (χ4v) is 2.54. The number of nitrogens with one attached hydrogen (secondary N) is 1. The molecule has 1 unspecified atom stereocenters. The lowest BCUT2D eigenvalue weighted by atomic mass is 10.00. The molecule has 0 saturated heterocycles. The molecular weight excluding hydrogens is 240 g/mol. The second-order valence-electron chi connectivity index (χ2n) is 4.91. The highest BCUT2D eigenvalue weighted by Crippen LogP contribution is 2.24. The van der Waals surface area contributed by atoms with Gasteiger partial charge in [-0.05, 0) is 32.8 Å². The van der Waals surface area contributed by atoms with Crippen molar-refractivity contribution in [2.45, 2.75) is 32.7 Å². The molecule has 0 amide bonds. The van der Waals surface area contributed by atoms with E-state index in [1.165, 1.54) is 11.3 Å². The van der Waals surface area contributed by atoms with Crippen molar-refractivity contribution >= 4 is 0 Å². The van der Waals surface area contributed by atoms with E-state index in [2.05, 4.69) is 22.5 Å². The van der Waals surface area contributed by atoms with E-state index in [1.807, 2.05) is 42.6 Å². The molecule has 2 heterocycles. The summed E-state index contributed by atoms with van der Waals surface area (Å²) in [5, 5.41) is 8.63. The number of nitrogens with two attached hydrogens (primary N) is 1. The van der Waals surface area contributed by atoms with Gasteiger partial charge in [0.2, 0.25) is 0 Å². The first kappa shape index (κ1) is 13.8. The molecule has 1 atom stereocenters. The van der Waals surface area contributed by atoms with Crippen LogP contribution in [0.5, 0.6) is 0 Å². The van der Waals surface area contributed by atoms with Gasteiger partial charge in [-0.1, -0.05) is 0 Å². The van der Waals surface area contributed by atoms with Crippen LogP contribution < -0.4 is 11.3 Å². The molecule has 0 aliphatic rings. The predicted octanol–water partition coefficient (Wildman–Crippen LogP) is 0.908. The Bertz CT molecular complexity index is 553. The van der Waals surface area contributed by atoms with E-state index >= 15 is 0 Å². The third-order valence-corrected chi connectivity index (χ3v) is 3.73. The van der Waals surface area contributed by atoms with Crippen molar-refractivity contribution in [1.29, 1.82) is 0 Å². The van der Waals surface area contributed by atoms with Crippen LogP contribution in [0.2, 0.25) is 0 Å². The SMILES string of the molecule is Cc1nn(C)c(C)c1C(CCc1ccnn1C)NN. The average Bonchev–Trinajstić information content (AvgIpc) is 2.88. The van der Waals surface area contributed by atoms with E-state index in [0.717, 1.165) is 24.2 Å². The Morgan fingerprint density at radius 3 is 2.53 bits per heavy atom. The molecule has 6 heteroatoms. The third-order valence-electron chi connectivity index (χ3n) is 3.73. The fourth-order valence-electron chi connectivity index (χ4n) is 2.54. The summed E-state index contributed by atoms with van der Waals surface area (Å²) in [7, 11) is 3.92. The van der Waals surface area contributed by atoms with Crippen LogP contribution >= 0.6 is 0 Å². The van der Waals surface area contributed by atoms with E-state index in [0.29, 0.717) is 0 Å². The molecule has 2 aromatic rings. The second kappa shape index (κ2) is 5.54. The summed E-state index contributed by atoms with van der Waals surface area (Å²) >= 11 is 0. The Morgan fingerprint density at radius 2 is 2.05 bits per heavy atom. The molecule has 2 aromatic heterocycles. The zero-order valence-electron chi connectivity index (χ0n) is 12.0. The van der Waals surface area contributed by atoms with Crippen LogP contribution in [-0.4, -0.2) is 19.6 Å². The molecule has 0 saturated carbocycles. The van der Waals surface area contributed by atoms with Crippen molar-refractivity contribution < 1.29 is 0 Å². The van der Waals surface area contributed by atoms with Gasteiger partial charge in [0.1, 0.15) is 0 Å². The van der Waals surface area contributed by atoms with Crippen molar-refractivity contribution in [3.05, 3.63) is 34.9 Å². The zero-order valence-corrected chi connectivity index (χ0v) is 12.0. The summed E-state index contributed by atoms with van der Waals surface area (Å²) < 4.78 is 3.80. The molecule has 0 aliphatic carbocycles. The van der Waals surface area contributed by atoms with Gasteiger partial charge in [-0.25, -0.2) is 0 Å². The number of hydrazine groups is 1. The largest absolute Gasteiger partial charge is 0.273 e. The van der Waals surface area contributed by atoms with Crippen molar-refractivity contribution in [1.82, 2.24) is 25.0 Å². The summed E-state index contributed by atoms with van der Waals surface area (Å²) in [5.74, 6) is 5.72. The van der Waals surface area contributed by atoms with Crippen molar-refractivity contribution in [2.24, 2.45) is 19.9 Å². The summed E-state index contributed by atoms with van der Waals surface area (Å²) in [6.07, 6.45) is 3.67. The molecule has 104 valence electrons. The number of hydrogen-bond donors (Lipinski definition) is 2. The van der Waals surface area contributed by atoms with E-state index in [9.17, 15) is 0 Å². The Kier molecular flexibility index (Phi) is 4.01. The van der Waals surface area contributed by atoms with Crippen LogP contribution in [0.15, 0.2) is 12.3 Å². The van der Waals surface area contributed by atoms with Crippen LogP contribution in [0.3, 0.4) is 0 Å². The summed E-state index contributed by atoms with van der Waals surface area (Å²) in [4.78, 5) is 0. The van der Waals surface area contributed by atoms with Crippen LogP contribution in [0.4, 0.5) is 0 Å². The molecule has 0 aliphatic heterocycles. The van der Waals surface area contributed by atoms with Gasteiger partial charge in [0.15, 0.2) is 0 Å². The number of aromatic nitrogens is 4. The van der Waals surface area contributed by atoms with Gasteiger partial charge in [0.05, 0.1) is 5.69 Å². The molecule has 0 fully saturated rings. The van der Waals surface area contributed by atoms with E-state index in [-0.39, 0.29) is 6.04 Å². The van der Waals surface area contributed by atoms with E-state index in [1.54, 1.807) is 0 Å². The molecule has 3 N–H and O–H groups in total. The van der Waals surface area contributed by atoms with Crippen molar-refractivity contribution in [3.63, 3.8) is 0 Å². The molecule has 0 bridgehead atoms. The lowest BCUT2D eigenvalue weighted by molar-refractivity contribution is 0.502. The minimum absolute atomic E-state index is 0.114. The van der Waals surface area contributed by atoms with Gasteiger partial charge in [0, 0.05) is 43.3 Å². The molecule has 6 nitrogen and oxygen atoms in total. The van der Waals surface area contributed by atoms with Crippen LogP contribution in [-0.2, 0) is 20.5 Å². The monoisotopic (exact) mass is 262 g/mol. The number of hydrogen-bond acceptors (Lipinski definition) is 4. The number of aryl methyl sites for hydroxylation is 4. The topological polar surface area (TPSA) is 73.7 Å². The predicted molar refractivity (Wildman–Crippen MR) is 74.3 cm³/mol. The molecule has 0 spiro atoms. The Balaban J connectivity index is 2.14. The highest BCUT2D eigenvalue weighted by molar-refractivity contribution is 5.28. The van der Waals surface area contributed by atoms with Crippen molar-refractivity contribution in [2.75, 3.05) is 0 Å². The fraction of sp³-hybridized carbons (Fsp3) is 0.538. The molecule has 0 radical (unpaired) electrons. The third kappa shape index (κ3) is 2.69. The van der Waals surface area contributed by atoms with Crippen LogP contribution in [0.25, 0.3) is 0 Å². The standard InChI is InChI=1S/C13H22N6/c1-9-13(10(2)18(3)17-9)12(16-14)6-5-11-7-8-15-19(11)4/h7-8,12,16H,5-6,14H2,1-4H3. The van der Waals surface area contributed by atoms with Gasteiger partial charge < -0.3 is 0 Å². The highest BCUT2D eigenvalue weighted by atomic mass is 15.3. The maximum atomic E-state index is 5.72. The van der Waals surface area contributed by atoms with Crippen molar-refractivity contribution in [3.8, 4) is 0 Å². The maximum absolute atomic E-state index is 5.72. The Labute approximate surface area is 113 Å². The second-order valence-corrected chi connectivity index (χ2v) is 4.91. The lowest BCUT2D eigenvalue weighted by Crippen LogP contribution is -2.29. The number of nitrogens with zero attached hydrogens (tertiary/aromatic N) is 4. The summed E-state index contributed by atoms with van der Waals surface area (Å²) in [6, 6.07) is 2.15. The number of rotatable bonds is 5. The van der Waals surface area contributed by atoms with Gasteiger partial charge in [0.25, 0.3) is 0 Å². The summed E-state index contributed by atoms with van der Waals surface area (Å²) in [5.41, 5.74) is 7.51. The molecule has 2 rings (SSSR count). The average molecular weight is 262 g/mol.